The van der Waals surface area contributed by atoms with Crippen LogP contribution in [0.4, 0.5) is 0 Å². The van der Waals surface area contributed by atoms with E-state index in [2.05, 4.69) is 32.9 Å². The molecule has 19 heavy (non-hydrogen) atoms. The molecule has 0 radical (unpaired) electrons. The van der Waals surface area contributed by atoms with Crippen LogP contribution in [0.5, 0.6) is 0 Å². The molecule has 0 aliphatic rings. The summed E-state index contributed by atoms with van der Waals surface area (Å²) < 4.78 is 1.84. The summed E-state index contributed by atoms with van der Waals surface area (Å²) >= 11 is 0. The zero-order valence-electron chi connectivity index (χ0n) is 11.0. The minimum Gasteiger partial charge on any atom is -0.359 e. The predicted octanol–water partition coefficient (Wildman–Crippen LogP) is 1.79. The minimum atomic E-state index is 0. The lowest BCUT2D eigenvalue weighted by molar-refractivity contribution is 0.857. The summed E-state index contributed by atoms with van der Waals surface area (Å²) in [5.41, 5.74) is 2.25. The van der Waals surface area contributed by atoms with Crippen LogP contribution < -0.4 is 10.6 Å². The van der Waals surface area contributed by atoms with E-state index in [0.29, 0.717) is 0 Å². The van der Waals surface area contributed by atoms with E-state index in [1.165, 1.54) is 5.56 Å². The average Bonchev–Trinajstić information content (AvgIpc) is 2.94. The molecule has 1 aromatic heterocycles. The monoisotopic (exact) mass is 371 g/mol. The number of hydrogen-bond acceptors (Lipinski definition) is 2. The van der Waals surface area contributed by atoms with Gasteiger partial charge in [-0.1, -0.05) is 12.1 Å². The topological polar surface area (TPSA) is 54.2 Å². The Hall–Kier alpha value is -1.57. The molecule has 2 rings (SSSR count). The number of guanidine groups is 1. The van der Waals surface area contributed by atoms with Gasteiger partial charge in [0.15, 0.2) is 5.96 Å². The standard InChI is InChI=1S/C13H17N5.HI/c1-14-13(15-2)16-10-11-4-6-12(7-5-11)18-9-3-8-17-18;/h3-9H,10H2,1-2H3,(H2,14,15,16);1H. The Bertz CT molecular complexity index is 504. The van der Waals surface area contributed by atoms with Crippen LogP contribution in [-0.2, 0) is 6.54 Å². The maximum absolute atomic E-state index is 4.19. The third-order valence-electron chi connectivity index (χ3n) is 2.63. The molecule has 2 aromatic rings. The molecule has 5 nitrogen and oxygen atoms in total. The molecule has 2 N–H and O–H groups in total. The lowest BCUT2D eigenvalue weighted by atomic mass is 10.2. The van der Waals surface area contributed by atoms with Crippen molar-refractivity contribution < 1.29 is 0 Å². The first-order valence-corrected chi connectivity index (χ1v) is 5.81. The fourth-order valence-electron chi connectivity index (χ4n) is 1.65. The van der Waals surface area contributed by atoms with E-state index in [-0.39, 0.29) is 24.0 Å². The highest BCUT2D eigenvalue weighted by Gasteiger charge is 1.98. The van der Waals surface area contributed by atoms with E-state index in [4.69, 9.17) is 0 Å². The van der Waals surface area contributed by atoms with E-state index in [0.717, 1.165) is 18.2 Å². The summed E-state index contributed by atoms with van der Waals surface area (Å²) in [5.74, 6) is 0.783. The van der Waals surface area contributed by atoms with E-state index < -0.39 is 0 Å². The summed E-state index contributed by atoms with van der Waals surface area (Å²) in [6.07, 6.45) is 3.70. The van der Waals surface area contributed by atoms with Crippen molar-refractivity contribution >= 4 is 29.9 Å². The number of aromatic nitrogens is 2. The van der Waals surface area contributed by atoms with E-state index in [9.17, 15) is 0 Å². The lowest BCUT2D eigenvalue weighted by Gasteiger charge is -2.09. The highest BCUT2D eigenvalue weighted by atomic mass is 127. The molecule has 102 valence electrons. The van der Waals surface area contributed by atoms with Gasteiger partial charge in [-0.15, -0.1) is 24.0 Å². The molecule has 6 heteroatoms. The van der Waals surface area contributed by atoms with Crippen LogP contribution in [0.3, 0.4) is 0 Å². The fourth-order valence-corrected chi connectivity index (χ4v) is 1.65. The smallest absolute Gasteiger partial charge is 0.190 e. The van der Waals surface area contributed by atoms with Gasteiger partial charge in [0.1, 0.15) is 0 Å². The Labute approximate surface area is 130 Å². The molecule has 1 aromatic carbocycles. The van der Waals surface area contributed by atoms with Gasteiger partial charge in [0, 0.05) is 33.0 Å². The van der Waals surface area contributed by atoms with Crippen molar-refractivity contribution in [3.63, 3.8) is 0 Å². The van der Waals surface area contributed by atoms with Crippen LogP contribution >= 0.6 is 24.0 Å². The molecule has 0 atom stereocenters. The van der Waals surface area contributed by atoms with Crippen LogP contribution in [-0.4, -0.2) is 29.8 Å². The van der Waals surface area contributed by atoms with Crippen molar-refractivity contribution in [3.8, 4) is 5.69 Å². The maximum Gasteiger partial charge on any atom is 0.190 e. The van der Waals surface area contributed by atoms with Crippen LogP contribution in [0.1, 0.15) is 5.56 Å². The Balaban J connectivity index is 0.00000180. The Morgan fingerprint density at radius 2 is 2.05 bits per heavy atom. The van der Waals surface area contributed by atoms with Gasteiger partial charge in [0.2, 0.25) is 0 Å². The Morgan fingerprint density at radius 3 is 2.58 bits per heavy atom. The van der Waals surface area contributed by atoms with E-state index >= 15 is 0 Å². The van der Waals surface area contributed by atoms with Crippen molar-refractivity contribution in [1.29, 1.82) is 0 Å². The SMILES string of the molecule is CN=C(NC)NCc1ccc(-n2cccn2)cc1.I. The third-order valence-corrected chi connectivity index (χ3v) is 2.63. The first-order chi connectivity index (χ1) is 8.83. The fraction of sp³-hybridized carbons (Fsp3) is 0.231. The zero-order valence-corrected chi connectivity index (χ0v) is 13.3. The summed E-state index contributed by atoms with van der Waals surface area (Å²) in [5, 5.41) is 10.4. The molecule has 0 saturated carbocycles. The second-order valence-corrected chi connectivity index (χ2v) is 3.79. The van der Waals surface area contributed by atoms with Crippen LogP contribution in [0, 0.1) is 0 Å². The summed E-state index contributed by atoms with van der Waals surface area (Å²) in [6.45, 7) is 0.743. The van der Waals surface area contributed by atoms with Gasteiger partial charge in [-0.2, -0.15) is 5.10 Å². The van der Waals surface area contributed by atoms with Crippen molar-refractivity contribution in [1.82, 2.24) is 20.4 Å². The summed E-state index contributed by atoms with van der Waals surface area (Å²) in [4.78, 5) is 4.06. The van der Waals surface area contributed by atoms with E-state index in [1.807, 2.05) is 36.1 Å². The molecule has 0 aliphatic carbocycles. The van der Waals surface area contributed by atoms with Crippen LogP contribution in [0.25, 0.3) is 5.69 Å². The molecule has 0 spiro atoms. The number of rotatable bonds is 3. The number of hydrogen-bond donors (Lipinski definition) is 2. The molecule has 0 fully saturated rings. The lowest BCUT2D eigenvalue weighted by Crippen LogP contribution is -2.34. The summed E-state index contributed by atoms with van der Waals surface area (Å²) in [6, 6.07) is 10.2. The average molecular weight is 371 g/mol. The van der Waals surface area contributed by atoms with Gasteiger partial charge in [-0.25, -0.2) is 4.68 Å². The van der Waals surface area contributed by atoms with Crippen LogP contribution in [0.15, 0.2) is 47.7 Å². The third kappa shape index (κ3) is 4.23. The van der Waals surface area contributed by atoms with Gasteiger partial charge in [-0.3, -0.25) is 4.99 Å². The number of nitrogens with zero attached hydrogens (tertiary/aromatic N) is 3. The number of aliphatic imine (C=N–C) groups is 1. The first-order valence-electron chi connectivity index (χ1n) is 5.81. The first kappa shape index (κ1) is 15.5. The predicted molar refractivity (Wildman–Crippen MR) is 88.2 cm³/mol. The maximum atomic E-state index is 4.19. The molecular formula is C13H18IN5. The Kier molecular flexibility index (Phi) is 6.34. The van der Waals surface area contributed by atoms with Gasteiger partial charge in [0.25, 0.3) is 0 Å². The normalized spacial score (nSPS) is 10.7. The molecule has 0 unspecified atom stereocenters. The van der Waals surface area contributed by atoms with Crippen molar-refractivity contribution in [3.05, 3.63) is 48.3 Å². The molecule has 0 aliphatic heterocycles. The van der Waals surface area contributed by atoms with Gasteiger partial charge in [-0.05, 0) is 23.8 Å². The van der Waals surface area contributed by atoms with Crippen molar-refractivity contribution in [2.24, 2.45) is 4.99 Å². The Morgan fingerprint density at radius 1 is 1.32 bits per heavy atom. The van der Waals surface area contributed by atoms with Gasteiger partial charge < -0.3 is 10.6 Å². The van der Waals surface area contributed by atoms with Gasteiger partial charge >= 0.3 is 0 Å². The summed E-state index contributed by atoms with van der Waals surface area (Å²) in [7, 11) is 3.59. The highest BCUT2D eigenvalue weighted by Crippen LogP contribution is 2.08. The minimum absolute atomic E-state index is 0. The second kappa shape index (κ2) is 7.78. The second-order valence-electron chi connectivity index (χ2n) is 3.79. The molecule has 0 bridgehead atoms. The number of nitrogens with one attached hydrogen (secondary N) is 2. The quantitative estimate of drug-likeness (QED) is 0.492. The molecular weight excluding hydrogens is 353 g/mol. The molecule has 0 amide bonds. The zero-order chi connectivity index (χ0) is 12.8. The molecule has 0 saturated heterocycles. The highest BCUT2D eigenvalue weighted by molar-refractivity contribution is 14.0. The number of benzene rings is 1. The van der Waals surface area contributed by atoms with E-state index in [1.54, 1.807) is 13.2 Å². The van der Waals surface area contributed by atoms with Crippen molar-refractivity contribution in [2.45, 2.75) is 6.54 Å². The molecule has 1 heterocycles. The largest absolute Gasteiger partial charge is 0.359 e. The number of halogens is 1. The van der Waals surface area contributed by atoms with Crippen LogP contribution in [0.2, 0.25) is 0 Å². The van der Waals surface area contributed by atoms with Gasteiger partial charge in [0.05, 0.1) is 5.69 Å². The van der Waals surface area contributed by atoms with Crippen molar-refractivity contribution in [2.75, 3.05) is 14.1 Å².